The van der Waals surface area contributed by atoms with Crippen molar-refractivity contribution in [2.45, 2.75) is 6.92 Å². The van der Waals surface area contributed by atoms with Gasteiger partial charge in [0.1, 0.15) is 11.6 Å². The Labute approximate surface area is 122 Å². The molecular weight excluding hydrogens is 278 g/mol. The number of anilines is 3. The molecule has 0 unspecified atom stereocenters. The number of nitrogens with one attached hydrogen (secondary N) is 1. The van der Waals surface area contributed by atoms with Gasteiger partial charge in [-0.3, -0.25) is 0 Å². The van der Waals surface area contributed by atoms with Crippen LogP contribution < -0.4 is 20.5 Å². The molecule has 0 spiro atoms. The standard InChI is InChI=1S/C14H16ClN3O2/c1-8-6-11(12(19-2)7-9(8)15)17-13-5-4-10(16)14(18-13)20-3/h4-7H,16H2,1-3H3,(H,17,18). The average molecular weight is 294 g/mol. The number of ether oxygens (including phenoxy) is 2. The summed E-state index contributed by atoms with van der Waals surface area (Å²) in [5, 5.41) is 3.81. The molecule has 1 heterocycles. The number of hydrogen-bond donors (Lipinski definition) is 2. The number of benzene rings is 1. The van der Waals surface area contributed by atoms with Gasteiger partial charge in [0.15, 0.2) is 0 Å². The van der Waals surface area contributed by atoms with E-state index in [1.165, 1.54) is 7.11 Å². The van der Waals surface area contributed by atoms with Crippen LogP contribution in [-0.2, 0) is 0 Å². The quantitative estimate of drug-likeness (QED) is 0.904. The van der Waals surface area contributed by atoms with Gasteiger partial charge in [-0.15, -0.1) is 0 Å². The summed E-state index contributed by atoms with van der Waals surface area (Å²) in [5.74, 6) is 1.62. The van der Waals surface area contributed by atoms with E-state index in [1.54, 1.807) is 25.3 Å². The Hall–Kier alpha value is -2.14. The van der Waals surface area contributed by atoms with Gasteiger partial charge in [-0.05, 0) is 30.7 Å². The third kappa shape index (κ3) is 2.88. The lowest BCUT2D eigenvalue weighted by Crippen LogP contribution is -2.01. The summed E-state index contributed by atoms with van der Waals surface area (Å²) in [7, 11) is 3.11. The second kappa shape index (κ2) is 5.88. The van der Waals surface area contributed by atoms with Crippen LogP contribution in [0.5, 0.6) is 11.6 Å². The summed E-state index contributed by atoms with van der Waals surface area (Å²) in [6.07, 6.45) is 0. The Kier molecular flexibility index (Phi) is 4.20. The topological polar surface area (TPSA) is 69.4 Å². The van der Waals surface area contributed by atoms with Crippen LogP contribution in [0.15, 0.2) is 24.3 Å². The molecule has 2 rings (SSSR count). The molecule has 6 heteroatoms. The zero-order valence-corrected chi connectivity index (χ0v) is 12.3. The third-order valence-electron chi connectivity index (χ3n) is 2.83. The van der Waals surface area contributed by atoms with Gasteiger partial charge in [0.25, 0.3) is 0 Å². The second-order valence-corrected chi connectivity index (χ2v) is 4.63. The van der Waals surface area contributed by atoms with Crippen LogP contribution in [0.3, 0.4) is 0 Å². The fourth-order valence-corrected chi connectivity index (χ4v) is 1.91. The molecule has 0 fully saturated rings. The molecule has 1 aromatic carbocycles. The maximum absolute atomic E-state index is 6.08. The maximum atomic E-state index is 6.08. The second-order valence-electron chi connectivity index (χ2n) is 4.22. The first-order valence-electron chi connectivity index (χ1n) is 5.96. The molecule has 0 saturated carbocycles. The van der Waals surface area contributed by atoms with E-state index < -0.39 is 0 Å². The largest absolute Gasteiger partial charge is 0.495 e. The highest BCUT2D eigenvalue weighted by Crippen LogP contribution is 2.33. The predicted octanol–water partition coefficient (Wildman–Crippen LogP) is 3.39. The summed E-state index contributed by atoms with van der Waals surface area (Å²) < 4.78 is 10.4. The van der Waals surface area contributed by atoms with Crippen LogP contribution >= 0.6 is 11.6 Å². The van der Waals surface area contributed by atoms with Crippen LogP contribution in [-0.4, -0.2) is 19.2 Å². The molecule has 0 radical (unpaired) electrons. The first kappa shape index (κ1) is 14.3. The molecule has 3 N–H and O–H groups in total. The van der Waals surface area contributed by atoms with Gasteiger partial charge in [-0.2, -0.15) is 4.98 Å². The summed E-state index contributed by atoms with van der Waals surface area (Å²) >= 11 is 6.08. The number of rotatable bonds is 4. The van der Waals surface area contributed by atoms with Gasteiger partial charge in [0.2, 0.25) is 5.88 Å². The summed E-state index contributed by atoms with van der Waals surface area (Å²) in [5.41, 5.74) is 7.93. The number of aryl methyl sites for hydroxylation is 1. The van der Waals surface area contributed by atoms with Crippen molar-refractivity contribution in [3.05, 3.63) is 34.9 Å². The smallest absolute Gasteiger partial charge is 0.238 e. The van der Waals surface area contributed by atoms with Gasteiger partial charge in [-0.1, -0.05) is 11.6 Å². The number of nitrogens with two attached hydrogens (primary N) is 1. The molecular formula is C14H16ClN3O2. The zero-order chi connectivity index (χ0) is 14.7. The molecule has 20 heavy (non-hydrogen) atoms. The molecule has 106 valence electrons. The molecule has 0 amide bonds. The molecule has 0 aliphatic carbocycles. The highest BCUT2D eigenvalue weighted by atomic mass is 35.5. The lowest BCUT2D eigenvalue weighted by atomic mass is 10.2. The number of nitrogen functional groups attached to an aromatic ring is 1. The Morgan fingerprint density at radius 2 is 1.95 bits per heavy atom. The fourth-order valence-electron chi connectivity index (χ4n) is 1.75. The van der Waals surface area contributed by atoms with Crippen molar-refractivity contribution in [2.24, 2.45) is 0 Å². The van der Waals surface area contributed by atoms with Crippen molar-refractivity contribution >= 4 is 28.8 Å². The molecule has 1 aromatic heterocycles. The first-order valence-corrected chi connectivity index (χ1v) is 6.34. The van der Waals surface area contributed by atoms with Gasteiger partial charge in [0, 0.05) is 11.1 Å². The van der Waals surface area contributed by atoms with Gasteiger partial charge >= 0.3 is 0 Å². The van der Waals surface area contributed by atoms with Gasteiger partial charge in [-0.25, -0.2) is 0 Å². The molecule has 0 saturated heterocycles. The van der Waals surface area contributed by atoms with E-state index in [2.05, 4.69) is 10.3 Å². The minimum absolute atomic E-state index is 0.375. The number of aromatic nitrogens is 1. The minimum Gasteiger partial charge on any atom is -0.495 e. The SMILES string of the molecule is COc1cc(Cl)c(C)cc1Nc1ccc(N)c(OC)n1. The van der Waals surface area contributed by atoms with Crippen LogP contribution in [0, 0.1) is 6.92 Å². The summed E-state index contributed by atoms with van der Waals surface area (Å²) in [6.45, 7) is 1.92. The first-order chi connectivity index (χ1) is 9.55. The lowest BCUT2D eigenvalue weighted by Gasteiger charge is -2.13. The van der Waals surface area contributed by atoms with E-state index in [0.29, 0.717) is 28.2 Å². The van der Waals surface area contributed by atoms with Gasteiger partial charge in [0.05, 0.1) is 25.6 Å². The molecule has 2 aromatic rings. The van der Waals surface area contributed by atoms with E-state index in [4.69, 9.17) is 26.8 Å². The maximum Gasteiger partial charge on any atom is 0.238 e. The van der Waals surface area contributed by atoms with Crippen molar-refractivity contribution in [2.75, 3.05) is 25.3 Å². The van der Waals surface area contributed by atoms with Crippen molar-refractivity contribution in [1.82, 2.24) is 4.98 Å². The van der Waals surface area contributed by atoms with Crippen LogP contribution in [0.25, 0.3) is 0 Å². The fraction of sp³-hybridized carbons (Fsp3) is 0.214. The van der Waals surface area contributed by atoms with Crippen LogP contribution in [0.4, 0.5) is 17.2 Å². The monoisotopic (exact) mass is 293 g/mol. The zero-order valence-electron chi connectivity index (χ0n) is 11.5. The Morgan fingerprint density at radius 3 is 2.60 bits per heavy atom. The van der Waals surface area contributed by atoms with E-state index >= 15 is 0 Å². The normalized spacial score (nSPS) is 10.2. The average Bonchev–Trinajstić information content (AvgIpc) is 2.44. The van der Waals surface area contributed by atoms with Crippen molar-refractivity contribution in [1.29, 1.82) is 0 Å². The van der Waals surface area contributed by atoms with E-state index in [-0.39, 0.29) is 0 Å². The summed E-state index contributed by atoms with van der Waals surface area (Å²) in [4.78, 5) is 4.27. The predicted molar refractivity (Wildman–Crippen MR) is 81.2 cm³/mol. The molecule has 0 aliphatic heterocycles. The number of methoxy groups -OCH3 is 2. The number of nitrogens with zero attached hydrogens (tertiary/aromatic N) is 1. The third-order valence-corrected chi connectivity index (χ3v) is 3.23. The van der Waals surface area contributed by atoms with Crippen LogP contribution in [0.1, 0.15) is 5.56 Å². The Balaban J connectivity index is 2.36. The molecule has 0 atom stereocenters. The summed E-state index contributed by atoms with van der Waals surface area (Å²) in [6, 6.07) is 7.14. The van der Waals surface area contributed by atoms with E-state index in [1.807, 2.05) is 13.0 Å². The number of halogens is 1. The number of hydrogen-bond acceptors (Lipinski definition) is 5. The van der Waals surface area contributed by atoms with Crippen molar-refractivity contribution in [3.63, 3.8) is 0 Å². The highest BCUT2D eigenvalue weighted by Gasteiger charge is 2.09. The van der Waals surface area contributed by atoms with E-state index in [0.717, 1.165) is 11.3 Å². The molecule has 0 aliphatic rings. The van der Waals surface area contributed by atoms with Crippen molar-refractivity contribution < 1.29 is 9.47 Å². The molecule has 0 bridgehead atoms. The minimum atomic E-state index is 0.375. The van der Waals surface area contributed by atoms with Crippen molar-refractivity contribution in [3.8, 4) is 11.6 Å². The Bertz CT molecular complexity index is 632. The number of pyridine rings is 1. The Morgan fingerprint density at radius 1 is 1.20 bits per heavy atom. The van der Waals surface area contributed by atoms with Gasteiger partial charge < -0.3 is 20.5 Å². The molecule has 5 nitrogen and oxygen atoms in total. The lowest BCUT2D eigenvalue weighted by molar-refractivity contribution is 0.401. The van der Waals surface area contributed by atoms with E-state index in [9.17, 15) is 0 Å². The van der Waals surface area contributed by atoms with Crippen LogP contribution in [0.2, 0.25) is 5.02 Å². The highest BCUT2D eigenvalue weighted by molar-refractivity contribution is 6.31.